The molecule has 1 fully saturated rings. The van der Waals surface area contributed by atoms with Crippen LogP contribution in [0, 0.1) is 5.82 Å². The lowest BCUT2D eigenvalue weighted by Crippen LogP contribution is -2.45. The van der Waals surface area contributed by atoms with E-state index in [-0.39, 0.29) is 11.1 Å². The molecular formula is C11H11ClFNO2S. The lowest BCUT2D eigenvalue weighted by molar-refractivity contribution is -0.139. The second-order valence-corrected chi connectivity index (χ2v) is 5.30. The van der Waals surface area contributed by atoms with E-state index in [4.69, 9.17) is 16.7 Å². The molecule has 6 heteroatoms. The Bertz CT molecular complexity index is 443. The Kier molecular flexibility index (Phi) is 3.91. The monoisotopic (exact) mass is 275 g/mol. The third-order valence-corrected chi connectivity index (χ3v) is 4.04. The zero-order valence-corrected chi connectivity index (χ0v) is 10.4. The number of benzene rings is 1. The Hall–Kier alpha value is -0.780. The highest BCUT2D eigenvalue weighted by Gasteiger charge is 2.27. The molecule has 0 spiro atoms. The molecule has 1 aliphatic rings. The lowest BCUT2D eigenvalue weighted by atomic mass is 10.1. The van der Waals surface area contributed by atoms with Crippen molar-refractivity contribution < 1.29 is 14.3 Å². The van der Waals surface area contributed by atoms with Crippen LogP contribution >= 0.6 is 23.4 Å². The van der Waals surface area contributed by atoms with Crippen molar-refractivity contribution in [3.8, 4) is 0 Å². The number of rotatable bonds is 2. The molecule has 92 valence electrons. The Morgan fingerprint density at radius 3 is 2.94 bits per heavy atom. The van der Waals surface area contributed by atoms with Gasteiger partial charge in [0.2, 0.25) is 0 Å². The molecule has 2 rings (SSSR count). The number of carboxylic acids is 1. The number of carboxylic acid groups (broad SMARTS) is 1. The van der Waals surface area contributed by atoms with Gasteiger partial charge in [0.1, 0.15) is 11.9 Å². The first-order chi connectivity index (χ1) is 8.08. The predicted octanol–water partition coefficient (Wildman–Crippen LogP) is 2.31. The summed E-state index contributed by atoms with van der Waals surface area (Å²) in [4.78, 5) is 10.9. The fraction of sp³-hybridized carbons (Fsp3) is 0.364. The number of thioether (sulfide) groups is 1. The Morgan fingerprint density at radius 2 is 2.29 bits per heavy atom. The summed E-state index contributed by atoms with van der Waals surface area (Å²) in [5, 5.41) is 12.0. The Balaban J connectivity index is 2.16. The molecule has 17 heavy (non-hydrogen) atoms. The van der Waals surface area contributed by atoms with Crippen LogP contribution in [0.5, 0.6) is 0 Å². The number of nitrogens with one attached hydrogen (secondary N) is 1. The van der Waals surface area contributed by atoms with Gasteiger partial charge in [0.15, 0.2) is 0 Å². The van der Waals surface area contributed by atoms with Crippen LogP contribution in [-0.4, -0.2) is 28.6 Å². The van der Waals surface area contributed by atoms with Gasteiger partial charge in [-0.1, -0.05) is 17.7 Å². The van der Waals surface area contributed by atoms with E-state index in [1.807, 2.05) is 0 Å². The summed E-state index contributed by atoms with van der Waals surface area (Å²) in [5.41, 5.74) is 0.815. The fourth-order valence-corrected chi connectivity index (χ4v) is 3.03. The number of carbonyl (C=O) groups is 1. The first-order valence-corrected chi connectivity index (χ1v) is 6.62. The standard InChI is InChI=1S/C11H11ClFNO2S/c12-7-3-6(1-2-8(7)13)9-4-17-5-10(14-9)11(15)16/h1-3,9-10,14H,4-5H2,(H,15,16). The summed E-state index contributed by atoms with van der Waals surface area (Å²) in [6, 6.07) is 3.80. The zero-order chi connectivity index (χ0) is 12.4. The van der Waals surface area contributed by atoms with Crippen LogP contribution in [0.15, 0.2) is 18.2 Å². The van der Waals surface area contributed by atoms with Crippen molar-refractivity contribution in [1.29, 1.82) is 0 Å². The van der Waals surface area contributed by atoms with Crippen molar-refractivity contribution in [3.05, 3.63) is 34.6 Å². The molecule has 0 bridgehead atoms. The fourth-order valence-electron chi connectivity index (χ4n) is 1.71. The predicted molar refractivity (Wildman–Crippen MR) is 66.0 cm³/mol. The van der Waals surface area contributed by atoms with Gasteiger partial charge in [-0.15, -0.1) is 0 Å². The maximum absolute atomic E-state index is 13.0. The van der Waals surface area contributed by atoms with E-state index in [1.54, 1.807) is 23.9 Å². The zero-order valence-electron chi connectivity index (χ0n) is 8.82. The first-order valence-electron chi connectivity index (χ1n) is 5.09. The smallest absolute Gasteiger partial charge is 0.321 e. The highest BCUT2D eigenvalue weighted by atomic mass is 35.5. The van der Waals surface area contributed by atoms with Crippen LogP contribution in [0.3, 0.4) is 0 Å². The number of halogens is 2. The highest BCUT2D eigenvalue weighted by molar-refractivity contribution is 7.99. The molecule has 1 aromatic rings. The number of hydrogen-bond acceptors (Lipinski definition) is 3. The molecular weight excluding hydrogens is 265 g/mol. The second-order valence-electron chi connectivity index (χ2n) is 3.82. The molecule has 0 amide bonds. The van der Waals surface area contributed by atoms with E-state index in [2.05, 4.69) is 5.32 Å². The minimum atomic E-state index is -0.865. The van der Waals surface area contributed by atoms with Crippen LogP contribution in [0.1, 0.15) is 11.6 Å². The van der Waals surface area contributed by atoms with Crippen LogP contribution < -0.4 is 5.32 Å². The lowest BCUT2D eigenvalue weighted by Gasteiger charge is -2.28. The van der Waals surface area contributed by atoms with E-state index in [9.17, 15) is 9.18 Å². The first kappa shape index (κ1) is 12.7. The molecule has 0 aromatic heterocycles. The van der Waals surface area contributed by atoms with Crippen molar-refractivity contribution in [3.63, 3.8) is 0 Å². The third kappa shape index (κ3) is 2.91. The van der Waals surface area contributed by atoms with E-state index >= 15 is 0 Å². The van der Waals surface area contributed by atoms with Crippen LogP contribution in [-0.2, 0) is 4.79 Å². The van der Waals surface area contributed by atoms with Crippen molar-refractivity contribution in [2.24, 2.45) is 0 Å². The van der Waals surface area contributed by atoms with Crippen LogP contribution in [0.25, 0.3) is 0 Å². The van der Waals surface area contributed by atoms with Gasteiger partial charge < -0.3 is 5.11 Å². The molecule has 0 radical (unpaired) electrons. The summed E-state index contributed by atoms with van der Waals surface area (Å²) in [6.07, 6.45) is 0. The minimum absolute atomic E-state index is 0.0618. The molecule has 0 aliphatic carbocycles. The average molecular weight is 276 g/mol. The van der Waals surface area contributed by atoms with Crippen LogP contribution in [0.2, 0.25) is 5.02 Å². The molecule has 2 unspecified atom stereocenters. The van der Waals surface area contributed by atoms with Gasteiger partial charge in [0.05, 0.1) is 5.02 Å². The molecule has 1 aliphatic heterocycles. The molecule has 2 atom stereocenters. The van der Waals surface area contributed by atoms with E-state index in [0.717, 1.165) is 11.3 Å². The van der Waals surface area contributed by atoms with Crippen LogP contribution in [0.4, 0.5) is 4.39 Å². The van der Waals surface area contributed by atoms with E-state index in [1.165, 1.54) is 6.07 Å². The molecule has 1 saturated heterocycles. The molecule has 2 N–H and O–H groups in total. The molecule has 1 aromatic carbocycles. The SMILES string of the molecule is O=C(O)C1CSCC(c2ccc(F)c(Cl)c2)N1. The van der Waals surface area contributed by atoms with E-state index < -0.39 is 17.8 Å². The summed E-state index contributed by atoms with van der Waals surface area (Å²) in [6.45, 7) is 0. The van der Waals surface area contributed by atoms with Crippen molar-refractivity contribution in [2.75, 3.05) is 11.5 Å². The van der Waals surface area contributed by atoms with Gasteiger partial charge in [0.25, 0.3) is 0 Å². The molecule has 3 nitrogen and oxygen atoms in total. The average Bonchev–Trinajstić information content (AvgIpc) is 2.33. The molecule has 1 heterocycles. The summed E-state index contributed by atoms with van der Waals surface area (Å²) in [5.74, 6) is -0.0314. The minimum Gasteiger partial charge on any atom is -0.480 e. The van der Waals surface area contributed by atoms with Gasteiger partial charge in [0, 0.05) is 17.5 Å². The number of aliphatic carboxylic acids is 1. The maximum atomic E-state index is 13.0. The van der Waals surface area contributed by atoms with Gasteiger partial charge in [-0.25, -0.2) is 4.39 Å². The summed E-state index contributed by atoms with van der Waals surface area (Å²) >= 11 is 7.27. The topological polar surface area (TPSA) is 49.3 Å². The van der Waals surface area contributed by atoms with Gasteiger partial charge in [-0.05, 0) is 17.7 Å². The van der Waals surface area contributed by atoms with Crippen molar-refractivity contribution >= 4 is 29.3 Å². The maximum Gasteiger partial charge on any atom is 0.321 e. The van der Waals surface area contributed by atoms with Crippen molar-refractivity contribution in [1.82, 2.24) is 5.32 Å². The molecule has 0 saturated carbocycles. The van der Waals surface area contributed by atoms with Gasteiger partial charge in [-0.3, -0.25) is 10.1 Å². The van der Waals surface area contributed by atoms with Crippen molar-refractivity contribution in [2.45, 2.75) is 12.1 Å². The Morgan fingerprint density at radius 1 is 1.53 bits per heavy atom. The Labute approximate surface area is 107 Å². The third-order valence-electron chi connectivity index (χ3n) is 2.62. The van der Waals surface area contributed by atoms with E-state index in [0.29, 0.717) is 5.75 Å². The van der Waals surface area contributed by atoms with Gasteiger partial charge in [-0.2, -0.15) is 11.8 Å². The highest BCUT2D eigenvalue weighted by Crippen LogP contribution is 2.27. The normalized spacial score (nSPS) is 24.6. The second kappa shape index (κ2) is 5.25. The van der Waals surface area contributed by atoms with Gasteiger partial charge >= 0.3 is 5.97 Å². The summed E-state index contributed by atoms with van der Waals surface area (Å²) in [7, 11) is 0. The summed E-state index contributed by atoms with van der Waals surface area (Å²) < 4.78 is 13.0. The largest absolute Gasteiger partial charge is 0.480 e. The number of hydrogen-bond donors (Lipinski definition) is 2. The quantitative estimate of drug-likeness (QED) is 0.870.